The maximum absolute atomic E-state index is 15.1. The van der Waals surface area contributed by atoms with Crippen molar-refractivity contribution in [3.05, 3.63) is 71.3 Å². The van der Waals surface area contributed by atoms with Gasteiger partial charge in [0.1, 0.15) is 5.82 Å². The second-order valence-corrected chi connectivity index (χ2v) is 8.49. The largest absolute Gasteiger partial charge is 0.206 e. The van der Waals surface area contributed by atoms with E-state index in [0.717, 1.165) is 36.3 Å². The highest BCUT2D eigenvalue weighted by atomic mass is 19.2. The Balaban J connectivity index is 1.60. The quantitative estimate of drug-likeness (QED) is 0.290. The Hall–Kier alpha value is -2.36. The van der Waals surface area contributed by atoms with Gasteiger partial charge in [-0.05, 0) is 60.6 Å². The van der Waals surface area contributed by atoms with Crippen molar-refractivity contribution in [1.29, 1.82) is 0 Å². The summed E-state index contributed by atoms with van der Waals surface area (Å²) < 4.78 is 56.1. The van der Waals surface area contributed by atoms with Gasteiger partial charge in [-0.25, -0.2) is 17.6 Å². The van der Waals surface area contributed by atoms with Crippen LogP contribution in [0.1, 0.15) is 63.4 Å². The number of unbranched alkanes of at least 4 members (excludes halogenated alkanes) is 1. The summed E-state index contributed by atoms with van der Waals surface area (Å²) in [5.74, 6) is -3.55. The van der Waals surface area contributed by atoms with Gasteiger partial charge in [0, 0.05) is 16.5 Å². The molecule has 0 bridgehead atoms. The van der Waals surface area contributed by atoms with E-state index < -0.39 is 23.3 Å². The van der Waals surface area contributed by atoms with E-state index in [-0.39, 0.29) is 11.1 Å². The highest BCUT2D eigenvalue weighted by Crippen LogP contribution is 2.39. The second-order valence-electron chi connectivity index (χ2n) is 8.49. The zero-order valence-corrected chi connectivity index (χ0v) is 17.2. The second kappa shape index (κ2) is 8.79. The van der Waals surface area contributed by atoms with E-state index in [1.807, 2.05) is 12.1 Å². The van der Waals surface area contributed by atoms with E-state index in [1.54, 1.807) is 12.1 Å². The minimum atomic E-state index is -1.59. The molecule has 1 aliphatic carbocycles. The van der Waals surface area contributed by atoms with Crippen molar-refractivity contribution in [2.45, 2.75) is 57.8 Å². The lowest BCUT2D eigenvalue weighted by atomic mass is 9.77. The summed E-state index contributed by atoms with van der Waals surface area (Å²) in [5.41, 5.74) is 0.869. The summed E-state index contributed by atoms with van der Waals surface area (Å²) in [4.78, 5) is 0. The van der Waals surface area contributed by atoms with Crippen molar-refractivity contribution in [3.8, 4) is 11.1 Å². The Kier molecular flexibility index (Phi) is 6.12. The summed E-state index contributed by atoms with van der Waals surface area (Å²) in [7, 11) is 0. The molecule has 0 nitrogen and oxygen atoms in total. The lowest BCUT2D eigenvalue weighted by Gasteiger charge is -2.29. The van der Waals surface area contributed by atoms with E-state index in [1.165, 1.54) is 43.7 Å². The molecule has 0 radical (unpaired) electrons. The molecule has 0 aliphatic heterocycles. The molecule has 0 amide bonds. The van der Waals surface area contributed by atoms with E-state index in [9.17, 15) is 13.2 Å². The molecule has 0 saturated heterocycles. The minimum absolute atomic E-state index is 0.0666. The Morgan fingerprint density at radius 1 is 0.767 bits per heavy atom. The normalized spacial score (nSPS) is 19.4. The number of fused-ring (bicyclic) bond motifs is 1. The van der Waals surface area contributed by atoms with E-state index in [4.69, 9.17) is 0 Å². The van der Waals surface area contributed by atoms with Gasteiger partial charge < -0.3 is 0 Å². The molecule has 158 valence electrons. The standard InChI is InChI=1S/C26H26F4/c1-2-3-4-16-5-7-17(8-6-16)18-9-11-20-19(15-18)10-12-21(24(20)28)22-13-14-23(27)26(30)25(22)29/h9-17H,2-8H2,1H3. The maximum Gasteiger partial charge on any atom is 0.195 e. The highest BCUT2D eigenvalue weighted by Gasteiger charge is 2.23. The van der Waals surface area contributed by atoms with Crippen LogP contribution in [-0.4, -0.2) is 0 Å². The van der Waals surface area contributed by atoms with Crippen LogP contribution in [0.2, 0.25) is 0 Å². The molecule has 0 unspecified atom stereocenters. The Labute approximate surface area is 174 Å². The summed E-state index contributed by atoms with van der Waals surface area (Å²) in [6, 6.07) is 10.8. The van der Waals surface area contributed by atoms with Crippen molar-refractivity contribution in [1.82, 2.24) is 0 Å². The molecule has 3 aromatic carbocycles. The van der Waals surface area contributed by atoms with E-state index in [2.05, 4.69) is 6.92 Å². The third-order valence-corrected chi connectivity index (χ3v) is 6.59. The van der Waals surface area contributed by atoms with Gasteiger partial charge >= 0.3 is 0 Å². The number of rotatable bonds is 5. The van der Waals surface area contributed by atoms with Gasteiger partial charge in [0.05, 0.1) is 0 Å². The van der Waals surface area contributed by atoms with Gasteiger partial charge in [0.25, 0.3) is 0 Å². The van der Waals surface area contributed by atoms with Crippen LogP contribution in [0.25, 0.3) is 21.9 Å². The van der Waals surface area contributed by atoms with Crippen LogP contribution >= 0.6 is 0 Å². The highest BCUT2D eigenvalue weighted by molar-refractivity contribution is 5.89. The first-order valence-corrected chi connectivity index (χ1v) is 10.9. The number of benzene rings is 3. The SMILES string of the molecule is CCCCC1CCC(c2ccc3c(F)c(-c4ccc(F)c(F)c4F)ccc3c2)CC1. The zero-order valence-electron chi connectivity index (χ0n) is 17.2. The molecular formula is C26H26F4. The molecule has 4 heteroatoms. The summed E-state index contributed by atoms with van der Waals surface area (Å²) in [5, 5.41) is 1.10. The molecule has 1 aliphatic rings. The smallest absolute Gasteiger partial charge is 0.195 e. The molecule has 0 aromatic heterocycles. The number of halogens is 4. The van der Waals surface area contributed by atoms with Crippen LogP contribution in [0, 0.1) is 29.2 Å². The predicted octanol–water partition coefficient (Wildman–Crippen LogP) is 8.53. The third-order valence-electron chi connectivity index (χ3n) is 6.59. The summed E-state index contributed by atoms with van der Waals surface area (Å²) in [6.07, 6.45) is 8.64. The lowest BCUT2D eigenvalue weighted by Crippen LogP contribution is -2.13. The Morgan fingerprint density at radius 3 is 2.20 bits per heavy atom. The zero-order chi connectivity index (χ0) is 21.3. The average Bonchev–Trinajstić information content (AvgIpc) is 2.77. The van der Waals surface area contributed by atoms with Crippen LogP contribution in [0.4, 0.5) is 17.6 Å². The first kappa shape index (κ1) is 20.9. The van der Waals surface area contributed by atoms with Gasteiger partial charge in [-0.2, -0.15) is 0 Å². The van der Waals surface area contributed by atoms with Crippen molar-refractivity contribution >= 4 is 10.8 Å². The molecule has 3 aromatic rings. The van der Waals surface area contributed by atoms with Crippen molar-refractivity contribution in [3.63, 3.8) is 0 Å². The molecule has 4 rings (SSSR count). The fourth-order valence-corrected chi connectivity index (χ4v) is 4.78. The Bertz CT molecular complexity index is 1050. The van der Waals surface area contributed by atoms with Crippen molar-refractivity contribution < 1.29 is 17.6 Å². The number of hydrogen-bond acceptors (Lipinski definition) is 0. The molecule has 1 fully saturated rings. The molecule has 0 atom stereocenters. The topological polar surface area (TPSA) is 0 Å². The maximum atomic E-state index is 15.1. The number of hydrogen-bond donors (Lipinski definition) is 0. The van der Waals surface area contributed by atoms with Crippen LogP contribution in [-0.2, 0) is 0 Å². The predicted molar refractivity (Wildman–Crippen MR) is 113 cm³/mol. The van der Waals surface area contributed by atoms with Crippen molar-refractivity contribution in [2.75, 3.05) is 0 Å². The molecular weight excluding hydrogens is 388 g/mol. The molecule has 30 heavy (non-hydrogen) atoms. The van der Waals surface area contributed by atoms with Crippen LogP contribution in [0.15, 0.2) is 42.5 Å². The third kappa shape index (κ3) is 3.97. The first-order valence-electron chi connectivity index (χ1n) is 10.9. The van der Waals surface area contributed by atoms with Gasteiger partial charge in [0.15, 0.2) is 17.5 Å². The van der Waals surface area contributed by atoms with Crippen LogP contribution in [0.5, 0.6) is 0 Å². The van der Waals surface area contributed by atoms with Gasteiger partial charge in [-0.3, -0.25) is 0 Å². The molecule has 0 spiro atoms. The lowest BCUT2D eigenvalue weighted by molar-refractivity contribution is 0.304. The fraction of sp³-hybridized carbons (Fsp3) is 0.385. The minimum Gasteiger partial charge on any atom is -0.206 e. The molecule has 0 N–H and O–H groups in total. The average molecular weight is 414 g/mol. The molecule has 1 saturated carbocycles. The first-order chi connectivity index (χ1) is 14.5. The van der Waals surface area contributed by atoms with E-state index >= 15 is 4.39 Å². The van der Waals surface area contributed by atoms with Gasteiger partial charge in [0.2, 0.25) is 0 Å². The van der Waals surface area contributed by atoms with Crippen LogP contribution in [0.3, 0.4) is 0 Å². The van der Waals surface area contributed by atoms with Gasteiger partial charge in [-0.1, -0.05) is 56.5 Å². The van der Waals surface area contributed by atoms with Gasteiger partial charge in [-0.15, -0.1) is 0 Å². The summed E-state index contributed by atoms with van der Waals surface area (Å²) in [6.45, 7) is 2.23. The van der Waals surface area contributed by atoms with E-state index in [0.29, 0.717) is 11.3 Å². The van der Waals surface area contributed by atoms with Crippen LogP contribution < -0.4 is 0 Å². The monoisotopic (exact) mass is 414 g/mol. The van der Waals surface area contributed by atoms with Crippen molar-refractivity contribution in [2.24, 2.45) is 5.92 Å². The Morgan fingerprint density at radius 2 is 1.47 bits per heavy atom. The fourth-order valence-electron chi connectivity index (χ4n) is 4.78. The summed E-state index contributed by atoms with van der Waals surface area (Å²) >= 11 is 0. The molecule has 0 heterocycles.